The molecule has 0 aliphatic carbocycles. The zero-order chi connectivity index (χ0) is 9.71. The first-order valence-corrected chi connectivity index (χ1v) is 4.26. The van der Waals surface area contributed by atoms with Crippen molar-refractivity contribution in [2.24, 2.45) is 0 Å². The first-order valence-electron chi connectivity index (χ1n) is 4.26. The molecule has 4 heteroatoms. The van der Waals surface area contributed by atoms with Crippen LogP contribution in [0.2, 0.25) is 0 Å². The molecular weight excluding hydrogens is 180 g/mol. The Kier molecular flexibility index (Phi) is 1.16. The van der Waals surface area contributed by atoms with Crippen molar-refractivity contribution in [1.82, 2.24) is 9.97 Å². The van der Waals surface area contributed by atoms with Crippen LogP contribution in [0.25, 0.3) is 21.8 Å². The molecule has 0 unspecified atom stereocenters. The Hall–Kier alpha value is -2.10. The van der Waals surface area contributed by atoms with E-state index in [1.807, 2.05) is 12.1 Å². The van der Waals surface area contributed by atoms with E-state index in [4.69, 9.17) is 0 Å². The monoisotopic (exact) mass is 188 g/mol. The van der Waals surface area contributed by atoms with Crippen molar-refractivity contribution in [1.29, 1.82) is 0 Å². The molecule has 1 aromatic carbocycles. The molecule has 0 bridgehead atoms. The van der Waals surface area contributed by atoms with Crippen LogP contribution in [0.3, 0.4) is 0 Å². The summed E-state index contributed by atoms with van der Waals surface area (Å²) in [7, 11) is 0. The molecular formula is C10H8N2O2. The quantitative estimate of drug-likeness (QED) is 0.436. The average molecular weight is 188 g/mol. The molecule has 2 heterocycles. The number of nitrogens with one attached hydrogen (secondary N) is 2. The molecule has 0 amide bonds. The van der Waals surface area contributed by atoms with Gasteiger partial charge in [0.15, 0.2) is 11.8 Å². The SMILES string of the molecule is Oc1cc2c(ccc3[nH]c(O)cc32)[nH]1. The van der Waals surface area contributed by atoms with Gasteiger partial charge in [-0.2, -0.15) is 0 Å². The van der Waals surface area contributed by atoms with E-state index in [1.54, 1.807) is 12.1 Å². The van der Waals surface area contributed by atoms with Crippen molar-refractivity contribution in [3.05, 3.63) is 24.3 Å². The van der Waals surface area contributed by atoms with Crippen LogP contribution in [0.1, 0.15) is 0 Å². The molecule has 4 nitrogen and oxygen atoms in total. The van der Waals surface area contributed by atoms with E-state index in [9.17, 15) is 10.2 Å². The molecule has 3 aromatic rings. The largest absolute Gasteiger partial charge is 0.495 e. The molecule has 0 spiro atoms. The van der Waals surface area contributed by atoms with Gasteiger partial charge in [0.2, 0.25) is 0 Å². The summed E-state index contributed by atoms with van der Waals surface area (Å²) in [6.45, 7) is 0. The van der Waals surface area contributed by atoms with E-state index in [-0.39, 0.29) is 11.8 Å². The molecule has 0 aliphatic rings. The molecule has 14 heavy (non-hydrogen) atoms. The molecule has 2 aromatic heterocycles. The van der Waals surface area contributed by atoms with Crippen molar-refractivity contribution >= 4 is 21.8 Å². The van der Waals surface area contributed by atoms with Gasteiger partial charge in [0, 0.05) is 33.9 Å². The molecule has 70 valence electrons. The summed E-state index contributed by atoms with van der Waals surface area (Å²) in [6, 6.07) is 7.00. The Morgan fingerprint density at radius 3 is 1.64 bits per heavy atom. The van der Waals surface area contributed by atoms with Crippen LogP contribution in [0.4, 0.5) is 0 Å². The average Bonchev–Trinajstić information content (AvgIpc) is 2.65. The fourth-order valence-corrected chi connectivity index (χ4v) is 1.79. The van der Waals surface area contributed by atoms with E-state index in [0.717, 1.165) is 21.8 Å². The Labute approximate surface area is 78.8 Å². The lowest BCUT2D eigenvalue weighted by atomic mass is 10.2. The maximum Gasteiger partial charge on any atom is 0.189 e. The molecule has 3 rings (SSSR count). The summed E-state index contributed by atoms with van der Waals surface area (Å²) in [6.07, 6.45) is 0. The molecule has 0 fully saturated rings. The van der Waals surface area contributed by atoms with Crippen LogP contribution in [-0.2, 0) is 0 Å². The number of aromatic hydroxyl groups is 2. The molecule has 0 atom stereocenters. The summed E-state index contributed by atoms with van der Waals surface area (Å²) < 4.78 is 0. The van der Waals surface area contributed by atoms with Gasteiger partial charge >= 0.3 is 0 Å². The van der Waals surface area contributed by atoms with Crippen molar-refractivity contribution in [3.63, 3.8) is 0 Å². The topological polar surface area (TPSA) is 72.0 Å². The van der Waals surface area contributed by atoms with E-state index >= 15 is 0 Å². The smallest absolute Gasteiger partial charge is 0.189 e. The van der Waals surface area contributed by atoms with Crippen molar-refractivity contribution in [2.75, 3.05) is 0 Å². The van der Waals surface area contributed by atoms with Gasteiger partial charge < -0.3 is 20.2 Å². The molecule has 0 saturated heterocycles. The van der Waals surface area contributed by atoms with Crippen molar-refractivity contribution in [2.45, 2.75) is 0 Å². The van der Waals surface area contributed by atoms with Gasteiger partial charge in [0.25, 0.3) is 0 Å². The van der Waals surface area contributed by atoms with Crippen molar-refractivity contribution in [3.8, 4) is 11.8 Å². The standard InChI is InChI=1S/C10H8N2O2/c13-9-3-5-6-4-10(14)12-8(6)2-1-7(5)11-9/h1-4,11-14H. The third kappa shape index (κ3) is 0.821. The van der Waals surface area contributed by atoms with Crippen LogP contribution in [0.5, 0.6) is 11.8 Å². The fraction of sp³-hybridized carbons (Fsp3) is 0. The number of hydrogen-bond acceptors (Lipinski definition) is 2. The van der Waals surface area contributed by atoms with Crippen LogP contribution >= 0.6 is 0 Å². The summed E-state index contributed by atoms with van der Waals surface area (Å²) in [5.41, 5.74) is 1.71. The van der Waals surface area contributed by atoms with E-state index in [0.29, 0.717) is 0 Å². The number of aromatic nitrogens is 2. The third-order valence-corrected chi connectivity index (χ3v) is 2.37. The lowest BCUT2D eigenvalue weighted by Gasteiger charge is -1.90. The zero-order valence-electron chi connectivity index (χ0n) is 7.20. The van der Waals surface area contributed by atoms with Gasteiger partial charge in [0.1, 0.15) is 0 Å². The van der Waals surface area contributed by atoms with E-state index < -0.39 is 0 Å². The summed E-state index contributed by atoms with van der Waals surface area (Å²) in [5, 5.41) is 20.4. The number of fused-ring (bicyclic) bond motifs is 3. The van der Waals surface area contributed by atoms with Gasteiger partial charge in [-0.1, -0.05) is 0 Å². The van der Waals surface area contributed by atoms with Crippen LogP contribution < -0.4 is 0 Å². The highest BCUT2D eigenvalue weighted by Crippen LogP contribution is 2.30. The lowest BCUT2D eigenvalue weighted by molar-refractivity contribution is 0.457. The second-order valence-corrected chi connectivity index (χ2v) is 3.30. The number of hydrogen-bond donors (Lipinski definition) is 4. The van der Waals surface area contributed by atoms with E-state index in [1.165, 1.54) is 0 Å². The fourth-order valence-electron chi connectivity index (χ4n) is 1.79. The van der Waals surface area contributed by atoms with E-state index in [2.05, 4.69) is 9.97 Å². The van der Waals surface area contributed by atoms with Gasteiger partial charge in [-0.25, -0.2) is 0 Å². The predicted molar refractivity (Wildman–Crippen MR) is 53.5 cm³/mol. The minimum atomic E-state index is 0.133. The lowest BCUT2D eigenvalue weighted by Crippen LogP contribution is -1.69. The Morgan fingerprint density at radius 1 is 0.786 bits per heavy atom. The molecule has 4 N–H and O–H groups in total. The first kappa shape index (κ1) is 7.32. The highest BCUT2D eigenvalue weighted by Gasteiger charge is 2.06. The molecule has 0 radical (unpaired) electrons. The number of H-pyrrole nitrogens is 2. The van der Waals surface area contributed by atoms with Crippen molar-refractivity contribution < 1.29 is 10.2 Å². The first-order chi connectivity index (χ1) is 6.74. The minimum Gasteiger partial charge on any atom is -0.495 e. The predicted octanol–water partition coefficient (Wildman–Crippen LogP) is 2.06. The number of aromatic amines is 2. The Balaban J connectivity index is 2.58. The Morgan fingerprint density at radius 2 is 1.21 bits per heavy atom. The second kappa shape index (κ2) is 2.23. The molecule has 0 saturated carbocycles. The summed E-state index contributed by atoms with van der Waals surface area (Å²) in [5.74, 6) is 0.265. The summed E-state index contributed by atoms with van der Waals surface area (Å²) >= 11 is 0. The van der Waals surface area contributed by atoms with Crippen LogP contribution in [0, 0.1) is 0 Å². The third-order valence-electron chi connectivity index (χ3n) is 2.37. The Bertz CT molecular complexity index is 566. The van der Waals surface area contributed by atoms with Gasteiger partial charge in [0.05, 0.1) is 0 Å². The number of benzene rings is 1. The zero-order valence-corrected chi connectivity index (χ0v) is 7.20. The van der Waals surface area contributed by atoms with Gasteiger partial charge in [-0.05, 0) is 12.1 Å². The molecule has 0 aliphatic heterocycles. The maximum atomic E-state index is 9.29. The highest BCUT2D eigenvalue weighted by molar-refractivity contribution is 6.06. The minimum absolute atomic E-state index is 0.133. The normalized spacial score (nSPS) is 11.4. The number of rotatable bonds is 0. The van der Waals surface area contributed by atoms with Crippen LogP contribution in [0.15, 0.2) is 24.3 Å². The van der Waals surface area contributed by atoms with Gasteiger partial charge in [-0.15, -0.1) is 0 Å². The summed E-state index contributed by atoms with van der Waals surface area (Å²) in [4.78, 5) is 5.64. The maximum absolute atomic E-state index is 9.29. The highest BCUT2D eigenvalue weighted by atomic mass is 16.3. The van der Waals surface area contributed by atoms with Gasteiger partial charge in [-0.3, -0.25) is 0 Å². The second-order valence-electron chi connectivity index (χ2n) is 3.30. The van der Waals surface area contributed by atoms with Crippen LogP contribution in [-0.4, -0.2) is 20.2 Å².